The van der Waals surface area contributed by atoms with E-state index in [4.69, 9.17) is 16.0 Å². The zero-order valence-corrected chi connectivity index (χ0v) is 13.1. The van der Waals surface area contributed by atoms with Crippen molar-refractivity contribution in [1.82, 2.24) is 20.4 Å². The lowest BCUT2D eigenvalue weighted by Crippen LogP contribution is -1.89. The summed E-state index contributed by atoms with van der Waals surface area (Å²) in [5, 5.41) is 13.7. The minimum atomic E-state index is 0.396. The molecule has 0 radical (unpaired) electrons. The number of aromatic nitrogens is 4. The number of fused-ring (bicyclic) bond motifs is 1. The maximum atomic E-state index is 5.73. The van der Waals surface area contributed by atoms with Crippen LogP contribution in [0.15, 0.2) is 58.7 Å². The van der Waals surface area contributed by atoms with Crippen LogP contribution in [0.4, 0.5) is 11.7 Å². The van der Waals surface area contributed by atoms with Crippen molar-refractivity contribution in [3.05, 3.63) is 60.0 Å². The molecule has 0 spiro atoms. The smallest absolute Gasteiger partial charge is 0.299 e. The Kier molecular flexibility index (Phi) is 4.54. The molecular weight excluding hydrogens is 314 g/mol. The van der Waals surface area contributed by atoms with E-state index in [1.807, 2.05) is 43.4 Å². The summed E-state index contributed by atoms with van der Waals surface area (Å²) in [6.45, 7) is 1.93. The van der Waals surface area contributed by atoms with Crippen molar-refractivity contribution in [1.29, 1.82) is 0 Å². The van der Waals surface area contributed by atoms with Gasteiger partial charge in [0.15, 0.2) is 5.76 Å². The summed E-state index contributed by atoms with van der Waals surface area (Å²) in [5.74, 6) is 0.642. The number of halogens is 1. The fraction of sp³-hybridized carbons (Fsp3) is 0.0625. The molecule has 2 aromatic heterocycles. The number of nitrogens with one attached hydrogen (secondary N) is 2. The van der Waals surface area contributed by atoms with Gasteiger partial charge in [-0.3, -0.25) is 0 Å². The van der Waals surface area contributed by atoms with E-state index in [1.165, 1.54) is 5.54 Å². The first-order chi connectivity index (χ1) is 11.3. The molecule has 3 rings (SSSR count). The lowest BCUT2D eigenvalue weighted by molar-refractivity contribution is 0.565. The number of nitrogens with zero attached hydrogens (tertiary/aromatic N) is 3. The molecule has 0 saturated heterocycles. The van der Waals surface area contributed by atoms with E-state index in [9.17, 15) is 0 Å². The lowest BCUT2D eigenvalue weighted by Gasteiger charge is -2.01. The Morgan fingerprint density at radius 3 is 3.00 bits per heavy atom. The zero-order chi connectivity index (χ0) is 16.1. The first-order valence-electron chi connectivity index (χ1n) is 6.93. The van der Waals surface area contributed by atoms with Gasteiger partial charge in [-0.05, 0) is 25.1 Å². The van der Waals surface area contributed by atoms with Gasteiger partial charge in [0.05, 0.1) is 6.20 Å². The molecule has 0 atom stereocenters. The normalized spacial score (nSPS) is 12.7. The van der Waals surface area contributed by atoms with Crippen LogP contribution in [0.25, 0.3) is 16.6 Å². The second-order valence-electron chi connectivity index (χ2n) is 4.62. The fourth-order valence-electron chi connectivity index (χ4n) is 2.05. The summed E-state index contributed by atoms with van der Waals surface area (Å²) in [6.07, 6.45) is 9.07. The third-order valence-electron chi connectivity index (χ3n) is 3.05. The van der Waals surface area contributed by atoms with Gasteiger partial charge in [-0.15, -0.1) is 0 Å². The Morgan fingerprint density at radius 2 is 2.17 bits per heavy atom. The Morgan fingerprint density at radius 1 is 1.30 bits per heavy atom. The Bertz CT molecular complexity index is 891. The van der Waals surface area contributed by atoms with Gasteiger partial charge >= 0.3 is 0 Å². The van der Waals surface area contributed by atoms with Crippen molar-refractivity contribution in [2.24, 2.45) is 0 Å². The van der Waals surface area contributed by atoms with Crippen LogP contribution in [0, 0.1) is 0 Å². The van der Waals surface area contributed by atoms with E-state index in [2.05, 4.69) is 25.7 Å². The zero-order valence-electron chi connectivity index (χ0n) is 12.3. The van der Waals surface area contributed by atoms with Crippen LogP contribution in [0.2, 0.25) is 0 Å². The number of hydrogen-bond donors (Lipinski definition) is 2. The predicted octanol–water partition coefficient (Wildman–Crippen LogP) is 4.40. The molecule has 0 fully saturated rings. The molecule has 7 heteroatoms. The van der Waals surface area contributed by atoms with Gasteiger partial charge < -0.3 is 9.73 Å². The molecule has 0 aliphatic carbocycles. The molecule has 0 aliphatic heterocycles. The van der Waals surface area contributed by atoms with Gasteiger partial charge in [0, 0.05) is 16.8 Å². The summed E-state index contributed by atoms with van der Waals surface area (Å²) in [7, 11) is 0. The summed E-state index contributed by atoms with van der Waals surface area (Å²) in [6, 6.07) is 6.00. The summed E-state index contributed by atoms with van der Waals surface area (Å²) >= 11 is 5.56. The van der Waals surface area contributed by atoms with Crippen LogP contribution < -0.4 is 5.32 Å². The van der Waals surface area contributed by atoms with Gasteiger partial charge in [-0.25, -0.2) is 4.98 Å². The number of hydrogen-bond acceptors (Lipinski definition) is 5. The average Bonchev–Trinajstić information content (AvgIpc) is 3.20. The maximum absolute atomic E-state index is 5.73. The highest BCUT2D eigenvalue weighted by molar-refractivity contribution is 6.25. The Hall–Kier alpha value is -2.86. The van der Waals surface area contributed by atoms with Crippen molar-refractivity contribution >= 4 is 39.9 Å². The van der Waals surface area contributed by atoms with E-state index in [0.29, 0.717) is 11.8 Å². The molecule has 0 unspecified atom stereocenters. The first kappa shape index (κ1) is 15.1. The molecule has 23 heavy (non-hydrogen) atoms. The molecule has 2 heterocycles. The molecule has 116 valence electrons. The molecule has 3 aromatic rings. The third kappa shape index (κ3) is 3.49. The second-order valence-corrected chi connectivity index (χ2v) is 4.87. The van der Waals surface area contributed by atoms with Gasteiger partial charge in [0.1, 0.15) is 11.0 Å². The van der Waals surface area contributed by atoms with Crippen molar-refractivity contribution in [3.8, 4) is 0 Å². The minimum Gasteiger partial charge on any atom is -0.423 e. The maximum Gasteiger partial charge on any atom is 0.299 e. The van der Waals surface area contributed by atoms with Gasteiger partial charge in [-0.2, -0.15) is 15.4 Å². The predicted molar refractivity (Wildman–Crippen MR) is 91.5 cm³/mol. The van der Waals surface area contributed by atoms with Crippen molar-refractivity contribution in [3.63, 3.8) is 0 Å². The lowest BCUT2D eigenvalue weighted by atomic mass is 10.2. The van der Waals surface area contributed by atoms with Crippen molar-refractivity contribution < 1.29 is 4.42 Å². The molecule has 0 saturated carbocycles. The van der Waals surface area contributed by atoms with Crippen molar-refractivity contribution in [2.45, 2.75) is 6.92 Å². The average molecular weight is 328 g/mol. The van der Waals surface area contributed by atoms with Gasteiger partial charge in [0.25, 0.3) is 6.01 Å². The SMILES string of the molecule is C\C=C/C(=C\C=C\Cl)c1cnc(Nc2ccc3n[nH]nc3c2)o1. The molecule has 0 amide bonds. The standard InChI is InChI=1S/C16H14ClN5O/c1-2-4-11(5-3-8-17)15-10-18-16(23-15)19-12-6-7-13-14(9-12)21-22-20-13/h2-10H,1H3,(H,18,19)(H,20,21,22)/b4-2-,8-3+,11-5+. The second kappa shape index (κ2) is 6.93. The highest BCUT2D eigenvalue weighted by Gasteiger charge is 2.08. The van der Waals surface area contributed by atoms with Crippen LogP contribution in [0.5, 0.6) is 0 Å². The van der Waals surface area contributed by atoms with Gasteiger partial charge in [-0.1, -0.05) is 35.9 Å². The number of aromatic amines is 1. The number of anilines is 2. The number of allylic oxidation sites excluding steroid dienone is 5. The first-order valence-corrected chi connectivity index (χ1v) is 7.37. The van der Waals surface area contributed by atoms with Crippen LogP contribution in [-0.2, 0) is 0 Å². The van der Waals surface area contributed by atoms with E-state index in [-0.39, 0.29) is 0 Å². The number of benzene rings is 1. The highest BCUT2D eigenvalue weighted by Crippen LogP contribution is 2.23. The molecule has 2 N–H and O–H groups in total. The van der Waals surface area contributed by atoms with E-state index in [1.54, 1.807) is 12.3 Å². The summed E-state index contributed by atoms with van der Waals surface area (Å²) in [4.78, 5) is 4.24. The largest absolute Gasteiger partial charge is 0.423 e. The van der Waals surface area contributed by atoms with E-state index < -0.39 is 0 Å². The van der Waals surface area contributed by atoms with E-state index in [0.717, 1.165) is 22.3 Å². The van der Waals surface area contributed by atoms with Crippen LogP contribution in [0.3, 0.4) is 0 Å². The van der Waals surface area contributed by atoms with E-state index >= 15 is 0 Å². The summed E-state index contributed by atoms with van der Waals surface area (Å²) in [5.41, 5.74) is 4.69. The van der Waals surface area contributed by atoms with Gasteiger partial charge in [0.2, 0.25) is 0 Å². The fourth-order valence-corrected chi connectivity index (χ4v) is 2.12. The molecular formula is C16H14ClN5O. The van der Waals surface area contributed by atoms with Crippen LogP contribution in [0.1, 0.15) is 12.7 Å². The molecule has 1 aromatic carbocycles. The number of H-pyrrole nitrogens is 1. The Balaban J connectivity index is 1.83. The molecule has 6 nitrogen and oxygen atoms in total. The summed E-state index contributed by atoms with van der Waals surface area (Å²) < 4.78 is 5.73. The van der Waals surface area contributed by atoms with Crippen molar-refractivity contribution in [2.75, 3.05) is 5.32 Å². The van der Waals surface area contributed by atoms with Crippen LogP contribution >= 0.6 is 11.6 Å². The topological polar surface area (TPSA) is 79.6 Å². The monoisotopic (exact) mass is 327 g/mol. The molecule has 0 bridgehead atoms. The number of rotatable bonds is 5. The minimum absolute atomic E-state index is 0.396. The number of oxazole rings is 1. The Labute approximate surface area is 137 Å². The van der Waals surface area contributed by atoms with Crippen LogP contribution in [-0.4, -0.2) is 20.4 Å². The highest BCUT2D eigenvalue weighted by atomic mass is 35.5. The quantitative estimate of drug-likeness (QED) is 0.679. The molecule has 0 aliphatic rings. The third-order valence-corrected chi connectivity index (χ3v) is 3.20.